The molecule has 0 fully saturated rings. The topological polar surface area (TPSA) is 96.7 Å². The van der Waals surface area contributed by atoms with E-state index in [0.29, 0.717) is 0 Å². The number of aliphatic imine (C=N–C) groups is 1. The first-order valence-electron chi connectivity index (χ1n) is 2.09. The zero-order valence-corrected chi connectivity index (χ0v) is 4.63. The zero-order valence-electron chi connectivity index (χ0n) is 4.63. The van der Waals surface area contributed by atoms with Crippen LogP contribution in [0.25, 0.3) is 0 Å². The lowest BCUT2D eigenvalue weighted by Crippen LogP contribution is -2.44. The van der Waals surface area contributed by atoms with Gasteiger partial charge in [-0.3, -0.25) is 10.7 Å². The van der Waals surface area contributed by atoms with Gasteiger partial charge >= 0.3 is 0 Å². The average Bonchev–Trinajstić information content (AvgIpc) is 1.65. The molecular weight excluding hydrogens is 108 g/mol. The molecule has 0 bridgehead atoms. The quantitative estimate of drug-likeness (QED) is 0.178. The van der Waals surface area contributed by atoms with Gasteiger partial charge < -0.3 is 16.2 Å². The number of hydrogen-bond acceptors (Lipinski definition) is 3. The van der Waals surface area contributed by atoms with E-state index >= 15 is 0 Å². The van der Waals surface area contributed by atoms with E-state index < -0.39 is 6.35 Å². The molecule has 0 rings (SSSR count). The molecule has 8 heavy (non-hydrogen) atoms. The Hall–Kier alpha value is -0.810. The van der Waals surface area contributed by atoms with Gasteiger partial charge in [-0.25, -0.2) is 0 Å². The minimum atomic E-state index is -1.13. The van der Waals surface area contributed by atoms with Crippen LogP contribution < -0.4 is 16.8 Å². The number of aliphatic hydroxyl groups is 1. The lowest BCUT2D eigenvalue weighted by molar-refractivity contribution is 0.167. The number of hydrogen-bond donors (Lipinski definition) is 4. The van der Waals surface area contributed by atoms with Crippen LogP contribution in [0.15, 0.2) is 4.99 Å². The molecule has 0 spiro atoms. The van der Waals surface area contributed by atoms with Crippen molar-refractivity contribution in [2.45, 2.75) is 6.35 Å². The second-order valence-electron chi connectivity index (χ2n) is 1.20. The lowest BCUT2D eigenvalue weighted by Gasteiger charge is -2.05. The molecule has 0 saturated heterocycles. The number of guanidine groups is 1. The molecule has 0 amide bonds. The molecule has 0 radical (unpaired) electrons. The highest BCUT2D eigenvalue weighted by Gasteiger charge is 1.91. The van der Waals surface area contributed by atoms with Gasteiger partial charge in [0.2, 0.25) is 0 Å². The van der Waals surface area contributed by atoms with Crippen molar-refractivity contribution < 1.29 is 5.11 Å². The molecule has 1 atom stereocenters. The first kappa shape index (κ1) is 7.19. The second-order valence-corrected chi connectivity index (χ2v) is 1.20. The molecule has 0 aromatic heterocycles. The van der Waals surface area contributed by atoms with Crippen molar-refractivity contribution in [1.82, 2.24) is 5.32 Å². The number of nitrogens with zero attached hydrogens (tertiary/aromatic N) is 1. The minimum Gasteiger partial charge on any atom is -0.370 e. The van der Waals surface area contributed by atoms with Crippen molar-refractivity contribution in [1.29, 1.82) is 0 Å². The maximum atomic E-state index is 8.36. The minimum absolute atomic E-state index is 0.125. The Bertz CT molecular complexity index is 89.3. The van der Waals surface area contributed by atoms with Gasteiger partial charge in [-0.05, 0) is 0 Å². The molecule has 0 saturated carbocycles. The highest BCUT2D eigenvalue weighted by atomic mass is 16.3. The fourth-order valence-corrected chi connectivity index (χ4v) is 0.216. The normalized spacial score (nSPS) is 15.6. The van der Waals surface area contributed by atoms with Crippen molar-refractivity contribution in [2.75, 3.05) is 7.05 Å². The molecule has 0 aromatic rings. The van der Waals surface area contributed by atoms with Crippen molar-refractivity contribution in [2.24, 2.45) is 16.5 Å². The Labute approximate surface area is 47.4 Å². The van der Waals surface area contributed by atoms with E-state index in [0.717, 1.165) is 0 Å². The SMILES string of the molecule is CN=C(N)NC(N)O. The molecule has 0 aliphatic heterocycles. The molecular formula is C3H10N4O. The smallest absolute Gasteiger partial charge is 0.191 e. The first-order valence-corrected chi connectivity index (χ1v) is 2.09. The monoisotopic (exact) mass is 118 g/mol. The fraction of sp³-hybridized carbons (Fsp3) is 0.667. The highest BCUT2D eigenvalue weighted by Crippen LogP contribution is 1.59. The van der Waals surface area contributed by atoms with E-state index in [-0.39, 0.29) is 5.96 Å². The largest absolute Gasteiger partial charge is 0.370 e. The molecule has 0 aromatic carbocycles. The summed E-state index contributed by atoms with van der Waals surface area (Å²) in [7, 11) is 1.49. The third-order valence-corrected chi connectivity index (χ3v) is 0.537. The van der Waals surface area contributed by atoms with Crippen molar-refractivity contribution in [3.63, 3.8) is 0 Å². The van der Waals surface area contributed by atoms with Crippen LogP contribution in [-0.2, 0) is 0 Å². The summed E-state index contributed by atoms with van der Waals surface area (Å²) in [5.74, 6) is 0.125. The van der Waals surface area contributed by atoms with Crippen molar-refractivity contribution in [3.8, 4) is 0 Å². The summed E-state index contributed by atoms with van der Waals surface area (Å²) in [4.78, 5) is 3.47. The van der Waals surface area contributed by atoms with Gasteiger partial charge in [0.15, 0.2) is 12.3 Å². The summed E-state index contributed by atoms with van der Waals surface area (Å²) in [6, 6.07) is 0. The van der Waals surface area contributed by atoms with E-state index in [1.165, 1.54) is 7.05 Å². The van der Waals surface area contributed by atoms with Gasteiger partial charge in [0, 0.05) is 7.05 Å². The maximum absolute atomic E-state index is 8.36. The third kappa shape index (κ3) is 3.38. The standard InChI is InChI=1S/C3H10N4O/c1-6-2(4)7-3(5)8/h3,8H,5H2,1H3,(H3,4,6,7). The average molecular weight is 118 g/mol. The van der Waals surface area contributed by atoms with Crippen molar-refractivity contribution in [3.05, 3.63) is 0 Å². The zero-order chi connectivity index (χ0) is 6.57. The lowest BCUT2D eigenvalue weighted by atomic mass is 10.9. The molecule has 5 heteroatoms. The number of aliphatic hydroxyl groups excluding tert-OH is 1. The summed E-state index contributed by atoms with van der Waals surface area (Å²) >= 11 is 0. The Morgan fingerprint density at radius 3 is 2.50 bits per heavy atom. The Balaban J connectivity index is 3.39. The first-order chi connectivity index (χ1) is 3.66. The number of nitrogens with one attached hydrogen (secondary N) is 1. The van der Waals surface area contributed by atoms with Crippen LogP contribution >= 0.6 is 0 Å². The molecule has 0 aliphatic carbocycles. The van der Waals surface area contributed by atoms with Gasteiger partial charge in [-0.1, -0.05) is 0 Å². The van der Waals surface area contributed by atoms with Gasteiger partial charge in [0.1, 0.15) is 0 Å². The van der Waals surface area contributed by atoms with Crippen LogP contribution in [0.1, 0.15) is 0 Å². The molecule has 0 heterocycles. The van der Waals surface area contributed by atoms with E-state index in [9.17, 15) is 0 Å². The highest BCUT2D eigenvalue weighted by molar-refractivity contribution is 5.77. The van der Waals surface area contributed by atoms with Crippen LogP contribution in [0.2, 0.25) is 0 Å². The number of rotatable bonds is 1. The van der Waals surface area contributed by atoms with Gasteiger partial charge in [0.05, 0.1) is 0 Å². The van der Waals surface area contributed by atoms with Crippen LogP contribution in [0, 0.1) is 0 Å². The van der Waals surface area contributed by atoms with E-state index in [1.54, 1.807) is 0 Å². The van der Waals surface area contributed by atoms with E-state index in [1.807, 2.05) is 0 Å². The second kappa shape index (κ2) is 3.23. The van der Waals surface area contributed by atoms with E-state index in [4.69, 9.17) is 16.6 Å². The molecule has 5 nitrogen and oxygen atoms in total. The fourth-order valence-electron chi connectivity index (χ4n) is 0.216. The third-order valence-electron chi connectivity index (χ3n) is 0.537. The predicted octanol–water partition coefficient (Wildman–Crippen LogP) is -2.24. The van der Waals surface area contributed by atoms with Gasteiger partial charge in [-0.15, -0.1) is 0 Å². The van der Waals surface area contributed by atoms with Gasteiger partial charge in [0.25, 0.3) is 0 Å². The van der Waals surface area contributed by atoms with Crippen LogP contribution in [0.3, 0.4) is 0 Å². The molecule has 6 N–H and O–H groups in total. The maximum Gasteiger partial charge on any atom is 0.191 e. The predicted molar refractivity (Wildman–Crippen MR) is 30.9 cm³/mol. The summed E-state index contributed by atoms with van der Waals surface area (Å²) in [6.07, 6.45) is -1.13. The van der Waals surface area contributed by atoms with Gasteiger partial charge in [-0.2, -0.15) is 0 Å². The van der Waals surface area contributed by atoms with Crippen molar-refractivity contribution >= 4 is 5.96 Å². The summed E-state index contributed by atoms with van der Waals surface area (Å²) < 4.78 is 0. The summed E-state index contributed by atoms with van der Waals surface area (Å²) in [6.45, 7) is 0. The van der Waals surface area contributed by atoms with Crippen LogP contribution in [0.5, 0.6) is 0 Å². The Morgan fingerprint density at radius 1 is 1.88 bits per heavy atom. The van der Waals surface area contributed by atoms with Crippen LogP contribution in [-0.4, -0.2) is 24.5 Å². The number of nitrogens with two attached hydrogens (primary N) is 2. The Kier molecular flexibility index (Phi) is 2.90. The molecule has 0 aliphatic rings. The summed E-state index contributed by atoms with van der Waals surface area (Å²) in [5, 5.41) is 10.6. The molecule has 1 unspecified atom stereocenters. The van der Waals surface area contributed by atoms with E-state index in [2.05, 4.69) is 10.3 Å². The molecule has 48 valence electrons. The van der Waals surface area contributed by atoms with Crippen LogP contribution in [0.4, 0.5) is 0 Å². The Morgan fingerprint density at radius 2 is 2.38 bits per heavy atom. The summed E-state index contributed by atoms with van der Waals surface area (Å²) in [5.41, 5.74) is 9.93.